The predicted molar refractivity (Wildman–Crippen MR) is 358 cm³/mol. The average molecular weight is 1090 g/mol. The summed E-state index contributed by atoms with van der Waals surface area (Å²) in [6.45, 7) is 20.3. The van der Waals surface area contributed by atoms with E-state index in [9.17, 15) is 0 Å². The Labute approximate surface area is 498 Å². The van der Waals surface area contributed by atoms with Crippen molar-refractivity contribution in [3.63, 3.8) is 0 Å². The van der Waals surface area contributed by atoms with E-state index in [1.54, 1.807) is 0 Å². The molecule has 2 fully saturated rings. The molecule has 2 heterocycles. The van der Waals surface area contributed by atoms with Crippen molar-refractivity contribution in [1.82, 2.24) is 0 Å². The zero-order valence-electron chi connectivity index (χ0n) is 50.2. The second kappa shape index (κ2) is 19.0. The van der Waals surface area contributed by atoms with Crippen LogP contribution in [0.25, 0.3) is 88.3 Å². The molecule has 0 spiro atoms. The highest BCUT2D eigenvalue weighted by Gasteiger charge is 2.66. The monoisotopic (exact) mass is 1090 g/mol. The van der Waals surface area contributed by atoms with Crippen LogP contribution in [-0.4, -0.2) is 11.1 Å². The van der Waals surface area contributed by atoms with Crippen LogP contribution in [0, 0.1) is 10.8 Å². The lowest BCUT2D eigenvalue weighted by Crippen LogP contribution is -2.64. The summed E-state index contributed by atoms with van der Waals surface area (Å²) in [5, 5.41) is 5.02. The summed E-state index contributed by atoms with van der Waals surface area (Å²) in [5.41, 5.74) is 22.8. The van der Waals surface area contributed by atoms with E-state index >= 15 is 0 Å². The summed E-state index contributed by atoms with van der Waals surface area (Å²) in [6.07, 6.45) is 7.15. The topological polar surface area (TPSA) is 6.48 Å². The largest absolute Gasteiger partial charge is 0.334 e. The van der Waals surface area contributed by atoms with E-state index in [0.717, 1.165) is 12.8 Å². The minimum atomic E-state index is -0.126. The van der Waals surface area contributed by atoms with Crippen LogP contribution in [0.4, 0.5) is 22.7 Å². The van der Waals surface area contributed by atoms with Gasteiger partial charge in [0.25, 0.3) is 0 Å². The molecule has 11 aromatic rings. The molecule has 2 heteroatoms. The lowest BCUT2D eigenvalue weighted by molar-refractivity contribution is 0.0484. The van der Waals surface area contributed by atoms with Gasteiger partial charge in [-0.2, -0.15) is 0 Å². The number of rotatable bonds is 8. The van der Waals surface area contributed by atoms with Crippen LogP contribution >= 0.6 is 0 Å². The number of nitrogens with zero attached hydrogens (tertiary/aromatic N) is 2. The van der Waals surface area contributed by atoms with E-state index in [1.807, 2.05) is 0 Å². The Morgan fingerprint density at radius 1 is 0.262 bits per heavy atom. The van der Waals surface area contributed by atoms with Gasteiger partial charge >= 0.3 is 0 Å². The van der Waals surface area contributed by atoms with Crippen molar-refractivity contribution in [2.75, 3.05) is 9.80 Å². The third-order valence-corrected chi connectivity index (χ3v) is 22.7. The summed E-state index contributed by atoms with van der Waals surface area (Å²) in [7, 11) is 0. The Bertz CT molecular complexity index is 4070. The van der Waals surface area contributed by atoms with Crippen molar-refractivity contribution in [2.24, 2.45) is 10.8 Å². The number of benzene rings is 11. The molecule has 0 amide bonds. The zero-order chi connectivity index (χ0) is 57.4. The molecule has 4 aliphatic rings. The van der Waals surface area contributed by atoms with Crippen molar-refractivity contribution in [3.8, 4) is 66.8 Å². The third-order valence-electron chi connectivity index (χ3n) is 22.7. The van der Waals surface area contributed by atoms with Crippen molar-refractivity contribution in [3.05, 3.63) is 254 Å². The maximum Gasteiger partial charge on any atom is 0.0568 e. The predicted octanol–water partition coefficient (Wildman–Crippen LogP) is 22.8. The summed E-state index contributed by atoms with van der Waals surface area (Å²) >= 11 is 0. The molecule has 2 nitrogen and oxygen atoms in total. The summed E-state index contributed by atoms with van der Waals surface area (Å²) in [6, 6.07) is 92.4. The van der Waals surface area contributed by atoms with Gasteiger partial charge in [0, 0.05) is 33.6 Å². The molecule has 4 atom stereocenters. The van der Waals surface area contributed by atoms with Gasteiger partial charge in [-0.15, -0.1) is 0 Å². The van der Waals surface area contributed by atoms with Gasteiger partial charge in [-0.25, -0.2) is 0 Å². The Balaban J connectivity index is 0.960. The number of anilines is 4. The molecule has 2 saturated carbocycles. The second-order valence-corrected chi connectivity index (χ2v) is 27.2. The van der Waals surface area contributed by atoms with Crippen LogP contribution in [-0.2, 0) is 10.8 Å². The van der Waals surface area contributed by atoms with E-state index in [4.69, 9.17) is 0 Å². The van der Waals surface area contributed by atoms with E-state index < -0.39 is 0 Å². The summed E-state index contributed by atoms with van der Waals surface area (Å²) < 4.78 is 0. The number of para-hydroxylation sites is 2. The minimum Gasteiger partial charge on any atom is -0.334 e. The SMILES string of the molecule is CC1(C)CCCC2(C)c3cc(-c4ccc5c(-c6ccc(-c7ccccc7)cc6)c6cc(-c7ccc8c(c7)C7(C)CCCC(C)(C)C7(C)N8c7ccccc7)ccc6c(-c6ccc(-c7ccccc7)cc6)c5c4)ccc3N(c3ccccc3)C12C. The molecule has 0 saturated heterocycles. The van der Waals surface area contributed by atoms with Crippen molar-refractivity contribution in [1.29, 1.82) is 0 Å². The highest BCUT2D eigenvalue weighted by Crippen LogP contribution is 2.68. The van der Waals surface area contributed by atoms with Crippen molar-refractivity contribution in [2.45, 2.75) is 116 Å². The van der Waals surface area contributed by atoms with Crippen LogP contribution in [0.1, 0.15) is 105 Å². The van der Waals surface area contributed by atoms with Crippen LogP contribution in [0.2, 0.25) is 0 Å². The molecule has 414 valence electrons. The fourth-order valence-corrected chi connectivity index (χ4v) is 17.4. The molecule has 0 radical (unpaired) electrons. The highest BCUT2D eigenvalue weighted by atomic mass is 15.3. The lowest BCUT2D eigenvalue weighted by Gasteiger charge is -2.59. The van der Waals surface area contributed by atoms with Crippen LogP contribution in [0.3, 0.4) is 0 Å². The molecule has 15 rings (SSSR count). The first-order chi connectivity index (χ1) is 40.6. The van der Waals surface area contributed by atoms with Crippen LogP contribution in [0.15, 0.2) is 243 Å². The Morgan fingerprint density at radius 3 is 0.929 bits per heavy atom. The lowest BCUT2D eigenvalue weighted by atomic mass is 9.51. The van der Waals surface area contributed by atoms with Gasteiger partial charge in [-0.3, -0.25) is 0 Å². The number of hydrogen-bond acceptors (Lipinski definition) is 2. The quantitative estimate of drug-likeness (QED) is 0.140. The first kappa shape index (κ1) is 52.4. The maximum absolute atomic E-state index is 2.72. The zero-order valence-corrected chi connectivity index (χ0v) is 50.2. The molecular weight excluding hydrogens is 1010 g/mol. The smallest absolute Gasteiger partial charge is 0.0568 e. The van der Waals surface area contributed by atoms with Crippen LogP contribution < -0.4 is 9.80 Å². The Kier molecular flexibility index (Phi) is 11.9. The molecule has 11 aromatic carbocycles. The highest BCUT2D eigenvalue weighted by molar-refractivity contribution is 6.22. The van der Waals surface area contributed by atoms with Gasteiger partial charge in [0.15, 0.2) is 0 Å². The van der Waals surface area contributed by atoms with E-state index in [2.05, 4.69) is 308 Å². The second-order valence-electron chi connectivity index (χ2n) is 27.2. The summed E-state index contributed by atoms with van der Waals surface area (Å²) in [5.74, 6) is 0. The normalized spacial score (nSPS) is 22.8. The standard InChI is InChI=1S/C82H76N2/c1-77(2)47-21-49-79(5)71-53-63(41-45-73(71)83(81(77,79)7)65-27-17-11-18-28-65)61-39-43-67-69(51-61)75(59-35-31-57(32-36-59)55-23-13-9-14-24-55)68-44-40-62(52-70(68)76(67)60-37-33-58(34-38-60)56-25-15-10-16-26-56)64-42-46-74-72(54-64)80(6)50-22-48-78(3,4)82(80,8)84(74)66-29-19-12-20-30-66/h9-20,23-46,51-54H,21-22,47-50H2,1-8H3. The van der Waals surface area contributed by atoms with Gasteiger partial charge in [-0.1, -0.05) is 236 Å². The first-order valence-electron chi connectivity index (χ1n) is 31.0. The first-order valence-corrected chi connectivity index (χ1v) is 31.0. The molecule has 4 unspecified atom stereocenters. The van der Waals surface area contributed by atoms with E-state index in [0.29, 0.717) is 0 Å². The molecular formula is C82H76N2. The Morgan fingerprint density at radius 2 is 0.560 bits per heavy atom. The minimum absolute atomic E-state index is 0.0596. The fourth-order valence-electron chi connectivity index (χ4n) is 17.4. The van der Waals surface area contributed by atoms with Gasteiger partial charge in [0.2, 0.25) is 0 Å². The molecule has 84 heavy (non-hydrogen) atoms. The molecule has 2 aliphatic carbocycles. The van der Waals surface area contributed by atoms with Crippen molar-refractivity contribution >= 4 is 44.3 Å². The van der Waals surface area contributed by atoms with E-state index in [-0.39, 0.29) is 32.7 Å². The van der Waals surface area contributed by atoms with Gasteiger partial charge < -0.3 is 9.80 Å². The van der Waals surface area contributed by atoms with Crippen LogP contribution in [0.5, 0.6) is 0 Å². The van der Waals surface area contributed by atoms with Crippen molar-refractivity contribution < 1.29 is 0 Å². The molecule has 0 N–H and O–H groups in total. The van der Waals surface area contributed by atoms with Gasteiger partial charge in [0.1, 0.15) is 0 Å². The fraction of sp³-hybridized carbons (Fsp3) is 0.244. The number of hydrogen-bond donors (Lipinski definition) is 0. The molecule has 0 bridgehead atoms. The number of fused-ring (bicyclic) bond motifs is 8. The molecule has 2 aliphatic heterocycles. The van der Waals surface area contributed by atoms with E-state index in [1.165, 1.54) is 148 Å². The third kappa shape index (κ3) is 7.47. The Hall–Kier alpha value is -8.46. The van der Waals surface area contributed by atoms with Gasteiger partial charge in [0.05, 0.1) is 11.1 Å². The maximum atomic E-state index is 2.72. The summed E-state index contributed by atoms with van der Waals surface area (Å²) in [4.78, 5) is 5.43. The van der Waals surface area contributed by atoms with Gasteiger partial charge in [-0.05, 0) is 210 Å². The average Bonchev–Trinajstić information content (AvgIpc) is 1.58. The molecule has 0 aromatic heterocycles.